The Bertz CT molecular complexity index is 722. The molecule has 3 aromatic rings. The van der Waals surface area contributed by atoms with E-state index in [4.69, 9.17) is 11.6 Å². The minimum atomic E-state index is 0.150. The van der Waals surface area contributed by atoms with Crippen molar-refractivity contribution in [2.75, 3.05) is 7.05 Å². The maximum absolute atomic E-state index is 5.95. The average molecular weight is 283 g/mol. The number of fused-ring (bicyclic) bond motifs is 1. The first kappa shape index (κ1) is 13.1. The van der Waals surface area contributed by atoms with Crippen molar-refractivity contribution in [2.24, 2.45) is 0 Å². The fourth-order valence-electron chi connectivity index (χ4n) is 2.45. The van der Waals surface area contributed by atoms with Crippen LogP contribution in [-0.2, 0) is 0 Å². The van der Waals surface area contributed by atoms with E-state index < -0.39 is 0 Å². The Balaban J connectivity index is 2.04. The van der Waals surface area contributed by atoms with Crippen molar-refractivity contribution in [2.45, 2.75) is 6.04 Å². The zero-order chi connectivity index (χ0) is 13.9. The smallest absolute Gasteiger partial charge is 0.0702 e. The van der Waals surface area contributed by atoms with Crippen LogP contribution >= 0.6 is 11.6 Å². The number of aromatic nitrogens is 1. The van der Waals surface area contributed by atoms with Crippen molar-refractivity contribution in [3.05, 3.63) is 76.9 Å². The molecule has 1 aromatic heterocycles. The van der Waals surface area contributed by atoms with Crippen LogP contribution in [0.3, 0.4) is 0 Å². The van der Waals surface area contributed by atoms with Gasteiger partial charge in [-0.15, -0.1) is 0 Å². The molecule has 0 aliphatic carbocycles. The van der Waals surface area contributed by atoms with E-state index in [0.29, 0.717) is 0 Å². The first-order chi connectivity index (χ1) is 9.78. The molecule has 1 heterocycles. The third kappa shape index (κ3) is 2.53. The molecular formula is C17H15ClN2. The summed E-state index contributed by atoms with van der Waals surface area (Å²) in [6, 6.07) is 18.5. The molecule has 1 unspecified atom stereocenters. The van der Waals surface area contributed by atoms with Crippen molar-refractivity contribution in [3.8, 4) is 0 Å². The maximum Gasteiger partial charge on any atom is 0.0702 e. The van der Waals surface area contributed by atoms with Gasteiger partial charge in [-0.25, -0.2) is 0 Å². The molecule has 0 amide bonds. The first-order valence-electron chi connectivity index (χ1n) is 6.55. The van der Waals surface area contributed by atoms with E-state index in [-0.39, 0.29) is 6.04 Å². The minimum Gasteiger partial charge on any atom is -0.309 e. The van der Waals surface area contributed by atoms with Gasteiger partial charge in [0.1, 0.15) is 0 Å². The Morgan fingerprint density at radius 2 is 1.75 bits per heavy atom. The number of rotatable bonds is 3. The van der Waals surface area contributed by atoms with Crippen molar-refractivity contribution < 1.29 is 0 Å². The Kier molecular flexibility index (Phi) is 3.68. The van der Waals surface area contributed by atoms with E-state index in [1.165, 1.54) is 11.1 Å². The number of nitrogens with one attached hydrogen (secondary N) is 1. The number of hydrogen-bond acceptors (Lipinski definition) is 2. The largest absolute Gasteiger partial charge is 0.309 e. The van der Waals surface area contributed by atoms with Crippen molar-refractivity contribution in [1.82, 2.24) is 10.3 Å². The van der Waals surface area contributed by atoms with E-state index in [1.807, 2.05) is 31.4 Å². The zero-order valence-electron chi connectivity index (χ0n) is 11.2. The molecule has 0 saturated carbocycles. The molecule has 3 rings (SSSR count). The van der Waals surface area contributed by atoms with Crippen LogP contribution in [0.2, 0.25) is 5.02 Å². The van der Waals surface area contributed by atoms with Crippen LogP contribution in [0.15, 0.2) is 60.8 Å². The third-order valence-corrected chi connectivity index (χ3v) is 3.70. The molecule has 0 aliphatic heterocycles. The van der Waals surface area contributed by atoms with Crippen LogP contribution in [-0.4, -0.2) is 12.0 Å². The molecule has 0 bridgehead atoms. The number of benzene rings is 2. The molecule has 100 valence electrons. The lowest BCUT2D eigenvalue weighted by Gasteiger charge is -2.17. The lowest BCUT2D eigenvalue weighted by Crippen LogP contribution is -2.17. The summed E-state index contributed by atoms with van der Waals surface area (Å²) >= 11 is 5.95. The molecule has 3 heteroatoms. The second-order valence-corrected chi connectivity index (χ2v) is 5.17. The fraction of sp³-hybridized carbons (Fsp3) is 0.118. The Labute approximate surface area is 123 Å². The third-order valence-electron chi connectivity index (χ3n) is 3.45. The van der Waals surface area contributed by atoms with Gasteiger partial charge in [-0.2, -0.15) is 0 Å². The van der Waals surface area contributed by atoms with Gasteiger partial charge in [-0.05, 0) is 48.5 Å². The molecule has 0 radical (unpaired) electrons. The summed E-state index contributed by atoms with van der Waals surface area (Å²) in [5.74, 6) is 0. The van der Waals surface area contributed by atoms with E-state index >= 15 is 0 Å². The number of hydrogen-bond donors (Lipinski definition) is 1. The minimum absolute atomic E-state index is 0.150. The molecule has 0 fully saturated rings. The first-order valence-corrected chi connectivity index (χ1v) is 6.93. The van der Waals surface area contributed by atoms with Crippen LogP contribution in [0.25, 0.3) is 10.9 Å². The normalized spacial score (nSPS) is 12.5. The second kappa shape index (κ2) is 5.61. The second-order valence-electron chi connectivity index (χ2n) is 4.73. The van der Waals surface area contributed by atoms with E-state index in [0.717, 1.165) is 15.9 Å². The predicted octanol–water partition coefficient (Wildman–Crippen LogP) is 4.20. The van der Waals surface area contributed by atoms with Gasteiger partial charge in [-0.3, -0.25) is 4.98 Å². The van der Waals surface area contributed by atoms with Gasteiger partial charge in [-0.1, -0.05) is 35.9 Å². The van der Waals surface area contributed by atoms with Crippen LogP contribution < -0.4 is 5.32 Å². The van der Waals surface area contributed by atoms with Gasteiger partial charge in [0.25, 0.3) is 0 Å². The summed E-state index contributed by atoms with van der Waals surface area (Å²) in [7, 11) is 1.96. The van der Waals surface area contributed by atoms with Crippen LogP contribution in [0, 0.1) is 0 Å². The molecule has 0 aliphatic rings. The molecule has 1 atom stereocenters. The van der Waals surface area contributed by atoms with Crippen molar-refractivity contribution in [3.63, 3.8) is 0 Å². The van der Waals surface area contributed by atoms with Crippen LogP contribution in [0.5, 0.6) is 0 Å². The highest BCUT2D eigenvalue weighted by molar-refractivity contribution is 6.30. The summed E-state index contributed by atoms with van der Waals surface area (Å²) in [6.07, 6.45) is 1.82. The molecule has 1 N–H and O–H groups in total. The van der Waals surface area contributed by atoms with Gasteiger partial charge >= 0.3 is 0 Å². The van der Waals surface area contributed by atoms with Gasteiger partial charge in [0.2, 0.25) is 0 Å². The lowest BCUT2D eigenvalue weighted by atomic mass is 9.97. The quantitative estimate of drug-likeness (QED) is 0.779. The molecule has 0 saturated heterocycles. The van der Waals surface area contributed by atoms with Crippen molar-refractivity contribution >= 4 is 22.5 Å². The molecule has 2 aromatic carbocycles. The topological polar surface area (TPSA) is 24.9 Å². The number of nitrogens with zero attached hydrogens (tertiary/aromatic N) is 1. The number of pyridine rings is 1. The summed E-state index contributed by atoms with van der Waals surface area (Å²) in [5.41, 5.74) is 3.43. The van der Waals surface area contributed by atoms with Gasteiger partial charge in [0.15, 0.2) is 0 Å². The predicted molar refractivity (Wildman–Crippen MR) is 84.1 cm³/mol. The van der Waals surface area contributed by atoms with Crippen LogP contribution in [0.4, 0.5) is 0 Å². The van der Waals surface area contributed by atoms with E-state index in [1.54, 1.807) is 0 Å². The molecule has 0 spiro atoms. The van der Waals surface area contributed by atoms with E-state index in [2.05, 4.69) is 46.7 Å². The zero-order valence-corrected chi connectivity index (χ0v) is 11.9. The van der Waals surface area contributed by atoms with Crippen molar-refractivity contribution in [1.29, 1.82) is 0 Å². The van der Waals surface area contributed by atoms with Gasteiger partial charge in [0, 0.05) is 16.6 Å². The summed E-state index contributed by atoms with van der Waals surface area (Å²) < 4.78 is 0. The van der Waals surface area contributed by atoms with Gasteiger partial charge in [0.05, 0.1) is 11.6 Å². The standard InChI is InChI=1S/C17H15ClN2/c1-19-17(12-4-7-15(18)8-5-12)14-6-9-16-13(11-14)3-2-10-20-16/h2-11,17,19H,1H3. The fourth-order valence-corrected chi connectivity index (χ4v) is 2.58. The lowest BCUT2D eigenvalue weighted by molar-refractivity contribution is 0.693. The Morgan fingerprint density at radius 3 is 2.50 bits per heavy atom. The summed E-state index contributed by atoms with van der Waals surface area (Å²) in [4.78, 5) is 4.35. The average Bonchev–Trinajstić information content (AvgIpc) is 2.50. The number of halogens is 1. The Morgan fingerprint density at radius 1 is 1.00 bits per heavy atom. The summed E-state index contributed by atoms with van der Waals surface area (Å²) in [6.45, 7) is 0. The SMILES string of the molecule is CNC(c1ccc(Cl)cc1)c1ccc2ncccc2c1. The molecular weight excluding hydrogens is 268 g/mol. The highest BCUT2D eigenvalue weighted by Gasteiger charge is 2.12. The monoisotopic (exact) mass is 282 g/mol. The molecule has 2 nitrogen and oxygen atoms in total. The highest BCUT2D eigenvalue weighted by atomic mass is 35.5. The van der Waals surface area contributed by atoms with E-state index in [9.17, 15) is 0 Å². The molecule has 20 heavy (non-hydrogen) atoms. The summed E-state index contributed by atoms with van der Waals surface area (Å²) in [5, 5.41) is 5.26. The van der Waals surface area contributed by atoms with Crippen LogP contribution in [0.1, 0.15) is 17.2 Å². The van der Waals surface area contributed by atoms with Gasteiger partial charge < -0.3 is 5.32 Å². The maximum atomic E-state index is 5.95. The highest BCUT2D eigenvalue weighted by Crippen LogP contribution is 2.25. The Hall–Kier alpha value is -1.90.